The number of imidazole rings is 1. The molecule has 0 amide bonds. The van der Waals surface area contributed by atoms with Crippen molar-refractivity contribution < 1.29 is 4.79 Å². The molecule has 1 fully saturated rings. The SMILES string of the molecule is Cc1[nH]c(=O)[nH]c1C(=O)C1CCCCN1. The molecular weight excluding hydrogens is 194 g/mol. The first-order chi connectivity index (χ1) is 7.18. The lowest BCUT2D eigenvalue weighted by molar-refractivity contribution is 0.0922. The summed E-state index contributed by atoms with van der Waals surface area (Å²) in [7, 11) is 0. The average Bonchev–Trinajstić information content (AvgIpc) is 2.58. The minimum absolute atomic E-state index is 0.00875. The smallest absolute Gasteiger partial charge is 0.310 e. The number of ketones is 1. The fraction of sp³-hybridized carbons (Fsp3) is 0.600. The molecule has 1 aromatic rings. The number of carbonyl (C=O) groups excluding carboxylic acids is 1. The highest BCUT2D eigenvalue weighted by molar-refractivity contribution is 5.99. The summed E-state index contributed by atoms with van der Waals surface area (Å²) in [5.74, 6) is -0.00875. The molecule has 1 aromatic heterocycles. The van der Waals surface area contributed by atoms with Crippen molar-refractivity contribution in [2.24, 2.45) is 0 Å². The number of nitrogens with one attached hydrogen (secondary N) is 3. The lowest BCUT2D eigenvalue weighted by atomic mass is 9.99. The number of H-pyrrole nitrogens is 2. The Balaban J connectivity index is 2.19. The van der Waals surface area contributed by atoms with E-state index >= 15 is 0 Å². The van der Waals surface area contributed by atoms with Gasteiger partial charge in [0, 0.05) is 5.69 Å². The Labute approximate surface area is 87.3 Å². The summed E-state index contributed by atoms with van der Waals surface area (Å²) in [4.78, 5) is 28.1. The summed E-state index contributed by atoms with van der Waals surface area (Å²) in [5, 5.41) is 3.17. The van der Waals surface area contributed by atoms with Crippen molar-refractivity contribution in [2.45, 2.75) is 32.2 Å². The van der Waals surface area contributed by atoms with E-state index in [1.165, 1.54) is 0 Å². The van der Waals surface area contributed by atoms with Gasteiger partial charge in [-0.25, -0.2) is 4.79 Å². The molecular formula is C10H15N3O2. The molecule has 5 heteroatoms. The zero-order valence-corrected chi connectivity index (χ0v) is 8.72. The second-order valence-electron chi connectivity index (χ2n) is 3.95. The number of carbonyl (C=O) groups is 1. The van der Waals surface area contributed by atoms with E-state index in [1.807, 2.05) is 0 Å². The highest BCUT2D eigenvalue weighted by atomic mass is 16.1. The second kappa shape index (κ2) is 4.02. The lowest BCUT2D eigenvalue weighted by Gasteiger charge is -2.21. The van der Waals surface area contributed by atoms with E-state index in [2.05, 4.69) is 15.3 Å². The first kappa shape index (κ1) is 10.2. The summed E-state index contributed by atoms with van der Waals surface area (Å²) in [6.45, 7) is 2.61. The van der Waals surface area contributed by atoms with E-state index in [9.17, 15) is 9.59 Å². The van der Waals surface area contributed by atoms with Crippen LogP contribution in [-0.2, 0) is 0 Å². The molecule has 3 N–H and O–H groups in total. The number of hydrogen-bond donors (Lipinski definition) is 3. The molecule has 0 bridgehead atoms. The molecule has 1 aliphatic rings. The Morgan fingerprint density at radius 2 is 2.13 bits per heavy atom. The number of hydrogen-bond acceptors (Lipinski definition) is 3. The van der Waals surface area contributed by atoms with Crippen molar-refractivity contribution in [2.75, 3.05) is 6.54 Å². The van der Waals surface area contributed by atoms with Gasteiger partial charge < -0.3 is 15.3 Å². The van der Waals surface area contributed by atoms with Gasteiger partial charge in [0.1, 0.15) is 5.69 Å². The van der Waals surface area contributed by atoms with Gasteiger partial charge >= 0.3 is 5.69 Å². The molecule has 0 aliphatic carbocycles. The zero-order valence-electron chi connectivity index (χ0n) is 8.72. The number of aryl methyl sites for hydroxylation is 1. The first-order valence-corrected chi connectivity index (χ1v) is 5.25. The number of aromatic nitrogens is 2. The van der Waals surface area contributed by atoms with Crippen LogP contribution in [0.4, 0.5) is 0 Å². The standard InChI is InChI=1S/C10H15N3O2/c1-6-8(13-10(15)12-6)9(14)7-4-2-3-5-11-7/h7,11H,2-5H2,1H3,(H2,12,13,15). The van der Waals surface area contributed by atoms with Gasteiger partial charge in [0.2, 0.25) is 0 Å². The molecule has 5 nitrogen and oxygen atoms in total. The van der Waals surface area contributed by atoms with Crippen LogP contribution in [0.2, 0.25) is 0 Å². The molecule has 1 unspecified atom stereocenters. The predicted molar refractivity (Wildman–Crippen MR) is 56.1 cm³/mol. The van der Waals surface area contributed by atoms with E-state index in [4.69, 9.17) is 0 Å². The van der Waals surface area contributed by atoms with Gasteiger partial charge in [-0.05, 0) is 26.3 Å². The Hall–Kier alpha value is -1.36. The Morgan fingerprint density at radius 1 is 1.33 bits per heavy atom. The highest BCUT2D eigenvalue weighted by Crippen LogP contribution is 2.12. The van der Waals surface area contributed by atoms with Crippen LogP contribution in [0, 0.1) is 6.92 Å². The maximum absolute atomic E-state index is 12.0. The number of Topliss-reactive ketones (excluding diaryl/α,β-unsaturated/α-hetero) is 1. The number of rotatable bonds is 2. The molecule has 1 atom stereocenters. The molecule has 1 saturated heterocycles. The fourth-order valence-electron chi connectivity index (χ4n) is 1.97. The van der Waals surface area contributed by atoms with Gasteiger partial charge in [0.15, 0.2) is 5.78 Å². The predicted octanol–water partition coefficient (Wildman–Crippen LogP) is 0.336. The van der Waals surface area contributed by atoms with Crippen LogP contribution in [0.3, 0.4) is 0 Å². The molecule has 0 spiro atoms. The maximum atomic E-state index is 12.0. The fourth-order valence-corrected chi connectivity index (χ4v) is 1.97. The van der Waals surface area contributed by atoms with Gasteiger partial charge in [-0.15, -0.1) is 0 Å². The van der Waals surface area contributed by atoms with Gasteiger partial charge in [-0.3, -0.25) is 4.79 Å². The first-order valence-electron chi connectivity index (χ1n) is 5.25. The molecule has 2 heterocycles. The van der Waals surface area contributed by atoms with Crippen molar-refractivity contribution in [3.63, 3.8) is 0 Å². The van der Waals surface area contributed by atoms with Crippen LogP contribution >= 0.6 is 0 Å². The van der Waals surface area contributed by atoms with E-state index < -0.39 is 0 Å². The van der Waals surface area contributed by atoms with Crippen LogP contribution in [-0.4, -0.2) is 28.3 Å². The second-order valence-corrected chi connectivity index (χ2v) is 3.95. The monoisotopic (exact) mass is 209 g/mol. The number of aromatic amines is 2. The van der Waals surface area contributed by atoms with E-state index in [0.717, 1.165) is 25.8 Å². The quantitative estimate of drug-likeness (QED) is 0.614. The number of piperidine rings is 1. The summed E-state index contributed by atoms with van der Waals surface area (Å²) in [6.07, 6.45) is 3.04. The molecule has 0 radical (unpaired) electrons. The van der Waals surface area contributed by atoms with E-state index in [-0.39, 0.29) is 17.5 Å². The summed E-state index contributed by atoms with van der Waals surface area (Å²) in [6, 6.07) is -0.135. The normalized spacial score (nSPS) is 21.5. The maximum Gasteiger partial charge on any atom is 0.323 e. The summed E-state index contributed by atoms with van der Waals surface area (Å²) in [5.41, 5.74) is 0.725. The third kappa shape index (κ3) is 2.02. The molecule has 15 heavy (non-hydrogen) atoms. The summed E-state index contributed by atoms with van der Waals surface area (Å²) < 4.78 is 0. The Bertz CT molecular complexity index is 413. The molecule has 1 aliphatic heterocycles. The van der Waals surface area contributed by atoms with Crippen LogP contribution in [0.25, 0.3) is 0 Å². The third-order valence-corrected chi connectivity index (χ3v) is 2.79. The molecule has 2 rings (SSSR count). The molecule has 0 aromatic carbocycles. The topological polar surface area (TPSA) is 77.8 Å². The molecule has 82 valence electrons. The van der Waals surface area contributed by atoms with Crippen LogP contribution < -0.4 is 11.0 Å². The largest absolute Gasteiger partial charge is 0.323 e. The minimum Gasteiger partial charge on any atom is -0.310 e. The molecule has 0 saturated carbocycles. The van der Waals surface area contributed by atoms with Crippen LogP contribution in [0.15, 0.2) is 4.79 Å². The van der Waals surface area contributed by atoms with Gasteiger partial charge in [0.05, 0.1) is 6.04 Å². The van der Waals surface area contributed by atoms with Crippen molar-refractivity contribution in [3.8, 4) is 0 Å². The van der Waals surface area contributed by atoms with Gasteiger partial charge in [-0.1, -0.05) is 6.42 Å². The minimum atomic E-state index is -0.313. The zero-order chi connectivity index (χ0) is 10.8. The highest BCUT2D eigenvalue weighted by Gasteiger charge is 2.24. The average molecular weight is 209 g/mol. The summed E-state index contributed by atoms with van der Waals surface area (Å²) >= 11 is 0. The Kier molecular flexibility index (Phi) is 2.73. The van der Waals surface area contributed by atoms with Crippen molar-refractivity contribution in [1.29, 1.82) is 0 Å². The van der Waals surface area contributed by atoms with Crippen LogP contribution in [0.5, 0.6) is 0 Å². The van der Waals surface area contributed by atoms with Crippen LogP contribution in [0.1, 0.15) is 35.4 Å². The van der Waals surface area contributed by atoms with Crippen molar-refractivity contribution in [1.82, 2.24) is 15.3 Å². The van der Waals surface area contributed by atoms with Crippen molar-refractivity contribution >= 4 is 5.78 Å². The van der Waals surface area contributed by atoms with E-state index in [1.54, 1.807) is 6.92 Å². The Morgan fingerprint density at radius 3 is 2.67 bits per heavy atom. The van der Waals surface area contributed by atoms with E-state index in [0.29, 0.717) is 11.4 Å². The van der Waals surface area contributed by atoms with Gasteiger partial charge in [0.25, 0.3) is 0 Å². The lowest BCUT2D eigenvalue weighted by Crippen LogP contribution is -2.40. The third-order valence-electron chi connectivity index (χ3n) is 2.79. The van der Waals surface area contributed by atoms with Crippen molar-refractivity contribution in [3.05, 3.63) is 21.9 Å². The van der Waals surface area contributed by atoms with Gasteiger partial charge in [-0.2, -0.15) is 0 Å².